The first kappa shape index (κ1) is 28.6. The smallest absolute Gasteiger partial charge is 0.178 e. The van der Waals surface area contributed by atoms with E-state index >= 15 is 0 Å². The Bertz CT molecular complexity index is 3390. The van der Waals surface area contributed by atoms with Crippen LogP contribution in [0.5, 0.6) is 0 Å². The minimum atomic E-state index is 0.754. The maximum Gasteiger partial charge on any atom is 0.178 e. The Hall–Kier alpha value is -7.10. The van der Waals surface area contributed by atoms with Gasteiger partial charge in [0, 0.05) is 49.2 Å². The number of fused-ring (bicyclic) bond motifs is 12. The zero-order valence-corrected chi connectivity index (χ0v) is 28.4. The molecule has 0 spiro atoms. The number of hydrogen-bond donors (Lipinski definition) is 0. The Kier molecular flexibility index (Phi) is 5.77. The number of benzene rings is 9. The topological polar surface area (TPSA) is 39.4 Å². The van der Waals surface area contributed by atoms with Crippen molar-refractivity contribution in [2.45, 2.75) is 0 Å². The summed E-state index contributed by atoms with van der Waals surface area (Å²) in [6.07, 6.45) is 0. The van der Waals surface area contributed by atoms with E-state index < -0.39 is 0 Å². The van der Waals surface area contributed by atoms with Gasteiger partial charge < -0.3 is 13.3 Å². The van der Waals surface area contributed by atoms with Crippen molar-refractivity contribution in [2.75, 3.05) is 0 Å². The molecule has 0 unspecified atom stereocenters. The van der Waals surface area contributed by atoms with Gasteiger partial charge >= 0.3 is 0 Å². The molecule has 0 N–H and O–H groups in total. The van der Waals surface area contributed by atoms with Crippen molar-refractivity contribution in [3.05, 3.63) is 170 Å². The average molecular weight is 677 g/mol. The van der Waals surface area contributed by atoms with Gasteiger partial charge in [-0.05, 0) is 62.1 Å². The summed E-state index contributed by atoms with van der Waals surface area (Å²) >= 11 is 0. The van der Waals surface area contributed by atoms with Crippen molar-refractivity contribution in [1.82, 2.24) is 0 Å². The fourth-order valence-electron chi connectivity index (χ4n) is 8.83. The summed E-state index contributed by atoms with van der Waals surface area (Å²) in [6.45, 7) is 0. The first-order valence-electron chi connectivity index (χ1n) is 18.0. The van der Waals surface area contributed by atoms with Crippen molar-refractivity contribution in [3.63, 3.8) is 0 Å². The number of rotatable bonds is 3. The third-order valence-electron chi connectivity index (χ3n) is 11.1. The van der Waals surface area contributed by atoms with E-state index in [1.165, 1.54) is 10.8 Å². The zero-order valence-electron chi connectivity index (χ0n) is 28.4. The fraction of sp³-hybridized carbons (Fsp3) is 0. The summed E-state index contributed by atoms with van der Waals surface area (Å²) in [4.78, 5) is 0. The maximum atomic E-state index is 7.18. The lowest BCUT2D eigenvalue weighted by Crippen LogP contribution is -1.91. The molecule has 12 rings (SSSR count). The van der Waals surface area contributed by atoms with Gasteiger partial charge in [0.1, 0.15) is 22.5 Å². The second-order valence-electron chi connectivity index (χ2n) is 13.9. The van der Waals surface area contributed by atoms with Crippen LogP contribution in [0.2, 0.25) is 0 Å². The van der Waals surface area contributed by atoms with Crippen LogP contribution in [-0.2, 0) is 0 Å². The third kappa shape index (κ3) is 3.94. The maximum absolute atomic E-state index is 7.18. The molecule has 9 aromatic carbocycles. The molecule has 0 fully saturated rings. The van der Waals surface area contributed by atoms with Crippen LogP contribution in [0.15, 0.2) is 183 Å². The second-order valence-corrected chi connectivity index (χ2v) is 13.9. The molecule has 3 nitrogen and oxygen atoms in total. The van der Waals surface area contributed by atoms with Crippen LogP contribution in [0.25, 0.3) is 121 Å². The van der Waals surface area contributed by atoms with Crippen molar-refractivity contribution in [2.24, 2.45) is 0 Å². The molecule has 12 aromatic rings. The van der Waals surface area contributed by atoms with Crippen LogP contribution in [0.4, 0.5) is 0 Å². The lowest BCUT2D eigenvalue weighted by atomic mass is 9.85. The first-order valence-corrected chi connectivity index (χ1v) is 18.0. The van der Waals surface area contributed by atoms with E-state index in [0.717, 1.165) is 110 Å². The summed E-state index contributed by atoms with van der Waals surface area (Å²) in [5.74, 6) is 0.825. The Morgan fingerprint density at radius 2 is 0.868 bits per heavy atom. The van der Waals surface area contributed by atoms with Crippen molar-refractivity contribution < 1.29 is 13.3 Å². The summed E-state index contributed by atoms with van der Waals surface area (Å²) in [5, 5.41) is 12.3. The number of hydrogen-bond acceptors (Lipinski definition) is 3. The van der Waals surface area contributed by atoms with Crippen LogP contribution in [0.3, 0.4) is 0 Å². The van der Waals surface area contributed by atoms with E-state index in [-0.39, 0.29) is 0 Å². The molecule has 0 atom stereocenters. The van der Waals surface area contributed by atoms with Gasteiger partial charge in [-0.3, -0.25) is 0 Å². The largest absolute Gasteiger partial charge is 0.455 e. The second kappa shape index (κ2) is 10.7. The normalized spacial score (nSPS) is 12.2. The highest BCUT2D eigenvalue weighted by atomic mass is 16.4. The molecule has 53 heavy (non-hydrogen) atoms. The van der Waals surface area contributed by atoms with Gasteiger partial charge in [0.05, 0.1) is 0 Å². The average Bonchev–Trinajstić information content (AvgIpc) is 3.92. The highest BCUT2D eigenvalue weighted by Gasteiger charge is 2.27. The predicted molar refractivity (Wildman–Crippen MR) is 220 cm³/mol. The molecule has 3 heterocycles. The molecule has 0 radical (unpaired) electrons. The van der Waals surface area contributed by atoms with E-state index in [2.05, 4.69) is 158 Å². The van der Waals surface area contributed by atoms with Gasteiger partial charge in [-0.2, -0.15) is 0 Å². The quantitative estimate of drug-likeness (QED) is 0.175. The monoisotopic (exact) mass is 676 g/mol. The highest BCUT2D eigenvalue weighted by Crippen LogP contribution is 2.51. The summed E-state index contributed by atoms with van der Waals surface area (Å²) in [5.41, 5.74) is 9.57. The van der Waals surface area contributed by atoms with E-state index in [1.807, 2.05) is 12.1 Å². The minimum absolute atomic E-state index is 0.754. The molecule has 0 bridgehead atoms. The van der Waals surface area contributed by atoms with Gasteiger partial charge in [0.2, 0.25) is 0 Å². The molecule has 0 aliphatic carbocycles. The van der Waals surface area contributed by atoms with Crippen LogP contribution in [0, 0.1) is 0 Å². The predicted octanol–water partition coefficient (Wildman–Crippen LogP) is 14.7. The molecule has 3 aromatic heterocycles. The Balaban J connectivity index is 1.22. The standard InChI is InChI=1S/C50H28O3/c1-2-14-30(15-3-1)43-40-27-26-37-32-17-10-11-24-41(32)51-48(37)49(40)53-50(43)46-35-20-8-6-18-33(35)44(34-19-7-9-21-36(34)46)38-22-12-23-39-45-31-16-5-4-13-29(31)25-28-42(45)52-47(38)39/h1-28H. The summed E-state index contributed by atoms with van der Waals surface area (Å²) in [6, 6.07) is 59.9. The Labute approximate surface area is 302 Å². The van der Waals surface area contributed by atoms with E-state index in [1.54, 1.807) is 0 Å². The molecule has 0 aliphatic heterocycles. The molecular weight excluding hydrogens is 649 g/mol. The van der Waals surface area contributed by atoms with Crippen LogP contribution >= 0.6 is 0 Å². The van der Waals surface area contributed by atoms with Gasteiger partial charge in [-0.1, -0.05) is 146 Å². The van der Waals surface area contributed by atoms with Crippen LogP contribution in [0.1, 0.15) is 0 Å². The highest BCUT2D eigenvalue weighted by molar-refractivity contribution is 6.27. The minimum Gasteiger partial charge on any atom is -0.455 e. The SMILES string of the molecule is c1ccc(-c2c(-c3c4ccccc4c(-c4cccc5c4oc4ccc6ccccc6c45)c4ccccc34)oc3c2ccc2c4ccccc4oc23)cc1. The first-order chi connectivity index (χ1) is 26.3. The molecule has 0 amide bonds. The van der Waals surface area contributed by atoms with Gasteiger partial charge in [0.25, 0.3) is 0 Å². The number of para-hydroxylation sites is 2. The van der Waals surface area contributed by atoms with Crippen molar-refractivity contribution >= 4 is 87.2 Å². The lowest BCUT2D eigenvalue weighted by Gasteiger charge is -2.17. The molecule has 3 heteroatoms. The van der Waals surface area contributed by atoms with Crippen LogP contribution < -0.4 is 0 Å². The molecule has 0 saturated heterocycles. The van der Waals surface area contributed by atoms with Gasteiger partial charge in [0.15, 0.2) is 11.2 Å². The molecule has 246 valence electrons. The molecular formula is C50H28O3. The summed E-state index contributed by atoms with van der Waals surface area (Å²) in [7, 11) is 0. The van der Waals surface area contributed by atoms with Crippen molar-refractivity contribution in [1.29, 1.82) is 0 Å². The van der Waals surface area contributed by atoms with Crippen molar-refractivity contribution in [3.8, 4) is 33.6 Å². The molecule has 0 aliphatic rings. The van der Waals surface area contributed by atoms with E-state index in [9.17, 15) is 0 Å². The Morgan fingerprint density at radius 1 is 0.283 bits per heavy atom. The van der Waals surface area contributed by atoms with E-state index in [0.29, 0.717) is 0 Å². The third-order valence-corrected chi connectivity index (χ3v) is 11.1. The fourth-order valence-corrected chi connectivity index (χ4v) is 8.83. The van der Waals surface area contributed by atoms with E-state index in [4.69, 9.17) is 13.3 Å². The molecule has 0 saturated carbocycles. The van der Waals surface area contributed by atoms with Gasteiger partial charge in [-0.15, -0.1) is 0 Å². The van der Waals surface area contributed by atoms with Gasteiger partial charge in [-0.25, -0.2) is 0 Å². The van der Waals surface area contributed by atoms with Crippen LogP contribution in [-0.4, -0.2) is 0 Å². The lowest BCUT2D eigenvalue weighted by molar-refractivity contribution is 0.613. The zero-order chi connectivity index (χ0) is 34.6. The Morgan fingerprint density at radius 3 is 1.64 bits per heavy atom. The summed E-state index contributed by atoms with van der Waals surface area (Å²) < 4.78 is 20.5. The number of furan rings is 3.